The van der Waals surface area contributed by atoms with E-state index >= 15 is 0 Å². The summed E-state index contributed by atoms with van der Waals surface area (Å²) in [4.78, 5) is 25.7. The summed E-state index contributed by atoms with van der Waals surface area (Å²) in [7, 11) is 0. The molecule has 122 valence electrons. The van der Waals surface area contributed by atoms with E-state index in [2.05, 4.69) is 5.32 Å². The number of H-pyrrole nitrogens is 1. The summed E-state index contributed by atoms with van der Waals surface area (Å²) in [5.41, 5.74) is -2.39. The lowest BCUT2D eigenvalue weighted by Gasteiger charge is -2.09. The average Bonchev–Trinajstić information content (AvgIpc) is 2.48. The van der Waals surface area contributed by atoms with Crippen molar-refractivity contribution in [3.8, 4) is 0 Å². The quantitative estimate of drug-likeness (QED) is 0.660. The number of thioether (sulfide) groups is 1. The van der Waals surface area contributed by atoms with E-state index in [1.54, 1.807) is 0 Å². The van der Waals surface area contributed by atoms with Crippen LogP contribution in [0.5, 0.6) is 0 Å². The van der Waals surface area contributed by atoms with Crippen molar-refractivity contribution in [3.63, 3.8) is 0 Å². The van der Waals surface area contributed by atoms with E-state index in [4.69, 9.17) is 0 Å². The highest BCUT2D eigenvalue weighted by Crippen LogP contribution is 2.29. The van der Waals surface area contributed by atoms with E-state index in [1.165, 1.54) is 24.3 Å². The zero-order chi connectivity index (χ0) is 17.0. The Morgan fingerprint density at radius 3 is 2.48 bits per heavy atom. The van der Waals surface area contributed by atoms with Gasteiger partial charge in [-0.2, -0.15) is 13.2 Å². The molecular formula is C14H10F4N2O2S. The van der Waals surface area contributed by atoms with Gasteiger partial charge in [-0.15, -0.1) is 11.8 Å². The fraction of sp³-hybridized carbons (Fsp3) is 0.143. The minimum Gasteiger partial charge on any atom is -0.327 e. The van der Waals surface area contributed by atoms with Crippen molar-refractivity contribution in [2.75, 3.05) is 11.1 Å². The van der Waals surface area contributed by atoms with Gasteiger partial charge in [0.25, 0.3) is 5.56 Å². The molecule has 1 amide bonds. The van der Waals surface area contributed by atoms with Gasteiger partial charge in [-0.1, -0.05) is 0 Å². The van der Waals surface area contributed by atoms with Crippen LogP contribution in [-0.4, -0.2) is 16.6 Å². The summed E-state index contributed by atoms with van der Waals surface area (Å²) in [5.74, 6) is -1.21. The van der Waals surface area contributed by atoms with Crippen LogP contribution in [0.3, 0.4) is 0 Å². The number of aromatic nitrogens is 1. The van der Waals surface area contributed by atoms with Crippen molar-refractivity contribution in [3.05, 3.63) is 58.3 Å². The number of anilines is 1. The molecule has 0 spiro atoms. The van der Waals surface area contributed by atoms with Crippen LogP contribution in [0.1, 0.15) is 5.56 Å². The Bertz CT molecular complexity index is 757. The standard InChI is InChI=1S/C14H10F4N2O2S/c15-9-1-3-10(4-2-9)23-7-12(21)20-11-5-8(14(16,17)18)6-19-13(11)22/h1-6H,7H2,(H,19,22)(H,20,21). The van der Waals surface area contributed by atoms with Gasteiger partial charge in [0.15, 0.2) is 0 Å². The maximum Gasteiger partial charge on any atom is 0.417 e. The lowest BCUT2D eigenvalue weighted by atomic mass is 10.2. The van der Waals surface area contributed by atoms with Gasteiger partial charge >= 0.3 is 6.18 Å². The molecular weight excluding hydrogens is 336 g/mol. The predicted octanol–water partition coefficient (Wildman–Crippen LogP) is 3.26. The second-order valence-corrected chi connectivity index (χ2v) is 5.47. The van der Waals surface area contributed by atoms with E-state index in [0.29, 0.717) is 17.2 Å². The molecule has 0 atom stereocenters. The molecule has 1 aromatic heterocycles. The van der Waals surface area contributed by atoms with Gasteiger partial charge in [0, 0.05) is 11.1 Å². The highest BCUT2D eigenvalue weighted by atomic mass is 32.2. The number of alkyl halides is 3. The molecule has 0 saturated heterocycles. The first-order valence-corrected chi connectivity index (χ1v) is 7.22. The zero-order valence-corrected chi connectivity index (χ0v) is 12.2. The summed E-state index contributed by atoms with van der Waals surface area (Å²) in [6, 6.07) is 5.93. The maximum atomic E-state index is 12.7. The van der Waals surface area contributed by atoms with E-state index in [-0.39, 0.29) is 5.75 Å². The third-order valence-corrected chi connectivity index (χ3v) is 3.70. The molecule has 23 heavy (non-hydrogen) atoms. The molecule has 0 radical (unpaired) electrons. The van der Waals surface area contributed by atoms with E-state index in [0.717, 1.165) is 11.8 Å². The van der Waals surface area contributed by atoms with Gasteiger partial charge in [-0.05, 0) is 30.3 Å². The fourth-order valence-corrected chi connectivity index (χ4v) is 2.30. The molecule has 0 aliphatic heterocycles. The van der Waals surface area contributed by atoms with Crippen molar-refractivity contribution in [1.82, 2.24) is 4.98 Å². The predicted molar refractivity (Wildman–Crippen MR) is 77.8 cm³/mol. The number of carbonyl (C=O) groups excluding carboxylic acids is 1. The Kier molecular flexibility index (Phi) is 5.09. The molecule has 2 aromatic rings. The van der Waals surface area contributed by atoms with Gasteiger partial charge in [0.1, 0.15) is 11.5 Å². The minimum absolute atomic E-state index is 0.138. The van der Waals surface area contributed by atoms with Crippen LogP contribution >= 0.6 is 11.8 Å². The van der Waals surface area contributed by atoms with E-state index in [9.17, 15) is 27.2 Å². The molecule has 2 rings (SSSR count). The van der Waals surface area contributed by atoms with E-state index in [1.807, 2.05) is 4.98 Å². The molecule has 0 aliphatic carbocycles. The summed E-state index contributed by atoms with van der Waals surface area (Å²) in [6.45, 7) is 0. The normalized spacial score (nSPS) is 11.3. The molecule has 0 bridgehead atoms. The summed E-state index contributed by atoms with van der Waals surface area (Å²) in [5, 5.41) is 2.13. The molecule has 1 heterocycles. The Hall–Kier alpha value is -2.29. The number of amides is 1. The summed E-state index contributed by atoms with van der Waals surface area (Å²) < 4.78 is 50.4. The second-order valence-electron chi connectivity index (χ2n) is 4.42. The van der Waals surface area contributed by atoms with Gasteiger partial charge in [0.2, 0.25) is 5.91 Å². The van der Waals surface area contributed by atoms with Crippen LogP contribution in [0.2, 0.25) is 0 Å². The van der Waals surface area contributed by atoms with Crippen molar-refractivity contribution in [2.45, 2.75) is 11.1 Å². The lowest BCUT2D eigenvalue weighted by Crippen LogP contribution is -2.22. The van der Waals surface area contributed by atoms with Crippen LogP contribution in [0.15, 0.2) is 46.2 Å². The largest absolute Gasteiger partial charge is 0.417 e. The fourth-order valence-electron chi connectivity index (χ4n) is 1.61. The van der Waals surface area contributed by atoms with Crippen LogP contribution in [0.25, 0.3) is 0 Å². The Balaban J connectivity index is 2.02. The van der Waals surface area contributed by atoms with Crippen LogP contribution in [0, 0.1) is 5.82 Å². The molecule has 2 N–H and O–H groups in total. The summed E-state index contributed by atoms with van der Waals surface area (Å²) >= 11 is 1.06. The monoisotopic (exact) mass is 346 g/mol. The first-order chi connectivity index (χ1) is 10.8. The molecule has 9 heteroatoms. The van der Waals surface area contributed by atoms with Crippen LogP contribution in [-0.2, 0) is 11.0 Å². The number of benzene rings is 1. The molecule has 0 fully saturated rings. The third-order valence-electron chi connectivity index (χ3n) is 2.69. The van der Waals surface area contributed by atoms with E-state index < -0.39 is 34.7 Å². The first-order valence-electron chi connectivity index (χ1n) is 6.24. The van der Waals surface area contributed by atoms with Gasteiger partial charge in [-0.25, -0.2) is 4.39 Å². The van der Waals surface area contributed by atoms with Crippen molar-refractivity contribution in [1.29, 1.82) is 0 Å². The van der Waals surface area contributed by atoms with Crippen LogP contribution < -0.4 is 10.9 Å². The second kappa shape index (κ2) is 6.86. The number of rotatable bonds is 4. The molecule has 4 nitrogen and oxygen atoms in total. The smallest absolute Gasteiger partial charge is 0.327 e. The number of hydrogen-bond donors (Lipinski definition) is 2. The molecule has 0 saturated carbocycles. The van der Waals surface area contributed by atoms with Crippen molar-refractivity contribution in [2.24, 2.45) is 0 Å². The number of pyridine rings is 1. The SMILES string of the molecule is O=C(CSc1ccc(F)cc1)Nc1cc(C(F)(F)F)c[nH]c1=O. The number of carbonyl (C=O) groups is 1. The van der Waals surface area contributed by atoms with Gasteiger partial charge < -0.3 is 10.3 Å². The van der Waals surface area contributed by atoms with Crippen molar-refractivity contribution < 1.29 is 22.4 Å². The number of halogens is 4. The Morgan fingerprint density at radius 1 is 1.22 bits per heavy atom. The highest BCUT2D eigenvalue weighted by Gasteiger charge is 2.31. The Labute approximate surface area is 131 Å². The number of nitrogens with one attached hydrogen (secondary N) is 2. The van der Waals surface area contributed by atoms with Gasteiger partial charge in [0.05, 0.1) is 11.3 Å². The first kappa shape index (κ1) is 17.1. The average molecular weight is 346 g/mol. The molecule has 0 aliphatic rings. The Morgan fingerprint density at radius 2 is 1.87 bits per heavy atom. The van der Waals surface area contributed by atoms with Gasteiger partial charge in [-0.3, -0.25) is 9.59 Å². The lowest BCUT2D eigenvalue weighted by molar-refractivity contribution is -0.137. The number of hydrogen-bond acceptors (Lipinski definition) is 3. The number of aromatic amines is 1. The van der Waals surface area contributed by atoms with Crippen molar-refractivity contribution >= 4 is 23.4 Å². The third kappa shape index (κ3) is 4.85. The minimum atomic E-state index is -4.63. The van der Waals surface area contributed by atoms with Crippen LogP contribution in [0.4, 0.5) is 23.2 Å². The zero-order valence-electron chi connectivity index (χ0n) is 11.4. The highest BCUT2D eigenvalue weighted by molar-refractivity contribution is 8.00. The summed E-state index contributed by atoms with van der Waals surface area (Å²) in [6.07, 6.45) is -4.10. The molecule has 0 unspecified atom stereocenters. The molecule has 1 aromatic carbocycles. The topological polar surface area (TPSA) is 62.0 Å². The maximum absolute atomic E-state index is 12.7.